The fraction of sp³-hybridized carbons (Fsp3) is 0.125. The maximum absolute atomic E-state index is 10.8. The van der Waals surface area contributed by atoms with Crippen LogP contribution in [0.2, 0.25) is 15.1 Å². The van der Waals surface area contributed by atoms with Crippen LogP contribution in [0.1, 0.15) is 5.56 Å². The molecular weight excluding hydrogens is 389 g/mol. The fourth-order valence-electron chi connectivity index (χ4n) is 1.85. The number of nitrogens with zero attached hydrogens (tertiary/aromatic N) is 1. The lowest BCUT2D eigenvalue weighted by Crippen LogP contribution is -2.20. The molecule has 0 aliphatic rings. The fourth-order valence-corrected chi connectivity index (χ4v) is 2.75. The zero-order valence-electron chi connectivity index (χ0n) is 13.1. The van der Waals surface area contributed by atoms with Crippen LogP contribution in [-0.4, -0.2) is 25.8 Å². The second-order valence-electron chi connectivity index (χ2n) is 4.78. The number of hydrogen-bond donors (Lipinski definition) is 2. The Labute approximate surface area is 159 Å². The molecule has 2 aromatic carbocycles. The molecule has 9 heteroatoms. The molecule has 0 atom stereocenters. The van der Waals surface area contributed by atoms with Crippen molar-refractivity contribution in [3.8, 4) is 11.5 Å². The van der Waals surface area contributed by atoms with Crippen LogP contribution < -0.4 is 20.6 Å². The predicted molar refractivity (Wildman–Crippen MR) is 100 cm³/mol. The quantitative estimate of drug-likeness (QED) is 0.542. The summed E-state index contributed by atoms with van der Waals surface area (Å²) in [6.45, 7) is -0.237. The Balaban J connectivity index is 2.12. The third-order valence-electron chi connectivity index (χ3n) is 2.95. The first-order valence-electron chi connectivity index (χ1n) is 6.93. The first-order valence-corrected chi connectivity index (χ1v) is 8.07. The van der Waals surface area contributed by atoms with Crippen LogP contribution >= 0.6 is 34.8 Å². The molecule has 3 N–H and O–H groups in total. The van der Waals surface area contributed by atoms with Gasteiger partial charge in [0.15, 0.2) is 18.1 Å². The first-order chi connectivity index (χ1) is 11.9. The van der Waals surface area contributed by atoms with Gasteiger partial charge in [-0.3, -0.25) is 10.2 Å². The predicted octanol–water partition coefficient (Wildman–Crippen LogP) is 3.97. The smallest absolute Gasteiger partial charge is 0.255 e. The number of anilines is 1. The van der Waals surface area contributed by atoms with E-state index in [1.807, 2.05) is 0 Å². The molecular formula is C16H14Cl3N3O3. The Bertz CT molecular complexity index is 789. The topological polar surface area (TPSA) is 85.9 Å². The van der Waals surface area contributed by atoms with Crippen LogP contribution in [0.25, 0.3) is 0 Å². The average Bonchev–Trinajstić information content (AvgIpc) is 2.55. The van der Waals surface area contributed by atoms with E-state index >= 15 is 0 Å². The summed E-state index contributed by atoms with van der Waals surface area (Å²) in [5.74, 6) is 0.261. The van der Waals surface area contributed by atoms with Crippen molar-refractivity contribution in [3.05, 3.63) is 51.0 Å². The van der Waals surface area contributed by atoms with Crippen molar-refractivity contribution in [2.45, 2.75) is 0 Å². The van der Waals surface area contributed by atoms with Gasteiger partial charge < -0.3 is 15.2 Å². The Kier molecular flexibility index (Phi) is 6.75. The van der Waals surface area contributed by atoms with E-state index in [2.05, 4.69) is 10.5 Å². The molecule has 25 heavy (non-hydrogen) atoms. The number of rotatable bonds is 7. The van der Waals surface area contributed by atoms with E-state index < -0.39 is 5.91 Å². The average molecular weight is 403 g/mol. The summed E-state index contributed by atoms with van der Waals surface area (Å²) in [5, 5.41) is 5.22. The Morgan fingerprint density at radius 1 is 1.20 bits per heavy atom. The molecule has 0 heterocycles. The number of carbonyl (C=O) groups is 1. The number of hydrogen-bond acceptors (Lipinski definition) is 5. The van der Waals surface area contributed by atoms with E-state index in [1.54, 1.807) is 36.5 Å². The number of primary amides is 1. The molecule has 0 saturated carbocycles. The zero-order chi connectivity index (χ0) is 18.4. The number of methoxy groups -OCH3 is 1. The number of ether oxygens (including phenoxy) is 2. The minimum Gasteiger partial charge on any atom is -0.493 e. The summed E-state index contributed by atoms with van der Waals surface area (Å²) in [5.41, 5.74) is 8.98. The Morgan fingerprint density at radius 3 is 2.48 bits per heavy atom. The van der Waals surface area contributed by atoms with E-state index in [4.69, 9.17) is 50.0 Å². The molecule has 0 aliphatic carbocycles. The third kappa shape index (κ3) is 5.42. The second-order valence-corrected chi connectivity index (χ2v) is 6.03. The van der Waals surface area contributed by atoms with Crippen molar-refractivity contribution in [1.29, 1.82) is 0 Å². The molecule has 0 saturated heterocycles. The van der Waals surface area contributed by atoms with Crippen molar-refractivity contribution in [2.24, 2.45) is 10.8 Å². The van der Waals surface area contributed by atoms with Gasteiger partial charge in [0.1, 0.15) is 0 Å². The highest BCUT2D eigenvalue weighted by molar-refractivity contribution is 6.41. The Morgan fingerprint density at radius 2 is 1.88 bits per heavy atom. The van der Waals surface area contributed by atoms with E-state index in [0.29, 0.717) is 32.3 Å². The van der Waals surface area contributed by atoms with Gasteiger partial charge >= 0.3 is 0 Å². The van der Waals surface area contributed by atoms with Crippen LogP contribution in [-0.2, 0) is 4.79 Å². The van der Waals surface area contributed by atoms with Crippen molar-refractivity contribution in [2.75, 3.05) is 19.1 Å². The molecule has 1 amide bonds. The van der Waals surface area contributed by atoms with Gasteiger partial charge in [-0.25, -0.2) is 0 Å². The summed E-state index contributed by atoms with van der Waals surface area (Å²) in [4.78, 5) is 10.8. The van der Waals surface area contributed by atoms with Crippen LogP contribution in [0.4, 0.5) is 5.69 Å². The molecule has 0 bridgehead atoms. The molecule has 2 aromatic rings. The number of benzene rings is 2. The van der Waals surface area contributed by atoms with Crippen molar-refractivity contribution >= 4 is 52.6 Å². The molecule has 6 nitrogen and oxygen atoms in total. The molecule has 0 fully saturated rings. The largest absolute Gasteiger partial charge is 0.493 e. The normalized spacial score (nSPS) is 10.7. The van der Waals surface area contributed by atoms with Crippen LogP contribution in [0, 0.1) is 0 Å². The first kappa shape index (κ1) is 19.2. The van der Waals surface area contributed by atoms with Gasteiger partial charge in [-0.1, -0.05) is 34.8 Å². The number of halogens is 3. The number of amides is 1. The van der Waals surface area contributed by atoms with Gasteiger partial charge in [0, 0.05) is 5.02 Å². The molecule has 0 spiro atoms. The molecule has 0 aromatic heterocycles. The van der Waals surface area contributed by atoms with Crippen LogP contribution in [0.5, 0.6) is 11.5 Å². The molecule has 132 valence electrons. The van der Waals surface area contributed by atoms with Gasteiger partial charge in [0.05, 0.1) is 29.1 Å². The van der Waals surface area contributed by atoms with Crippen LogP contribution in [0.3, 0.4) is 0 Å². The Hall–Kier alpha value is -2.15. The summed E-state index contributed by atoms with van der Waals surface area (Å²) >= 11 is 18.0. The molecule has 2 rings (SSSR count). The number of nitrogens with one attached hydrogen (secondary N) is 1. The second kappa shape index (κ2) is 8.80. The van der Waals surface area contributed by atoms with Gasteiger partial charge in [-0.2, -0.15) is 5.10 Å². The van der Waals surface area contributed by atoms with Gasteiger partial charge in [-0.15, -0.1) is 0 Å². The summed E-state index contributed by atoms with van der Waals surface area (Å²) in [6.07, 6.45) is 1.54. The minimum absolute atomic E-state index is 0.237. The van der Waals surface area contributed by atoms with Crippen molar-refractivity contribution < 1.29 is 14.3 Å². The van der Waals surface area contributed by atoms with E-state index in [0.717, 1.165) is 5.56 Å². The van der Waals surface area contributed by atoms with Gasteiger partial charge in [0.25, 0.3) is 5.91 Å². The zero-order valence-corrected chi connectivity index (χ0v) is 15.3. The highest BCUT2D eigenvalue weighted by Gasteiger charge is 2.08. The van der Waals surface area contributed by atoms with E-state index in [1.165, 1.54) is 7.11 Å². The maximum Gasteiger partial charge on any atom is 0.255 e. The standard InChI is InChI=1S/C16H14Cl3N3O3/c1-24-14-4-9(2-3-13(14)25-8-15(20)23)7-21-22-16-11(18)5-10(17)6-12(16)19/h2-7,22H,8H2,1H3,(H2,20,23)/b21-7+. The number of hydrazone groups is 1. The van der Waals surface area contributed by atoms with Crippen molar-refractivity contribution in [1.82, 2.24) is 0 Å². The van der Waals surface area contributed by atoms with Gasteiger partial charge in [0.2, 0.25) is 0 Å². The highest BCUT2D eigenvalue weighted by Crippen LogP contribution is 2.33. The minimum atomic E-state index is -0.575. The monoisotopic (exact) mass is 401 g/mol. The lowest BCUT2D eigenvalue weighted by molar-refractivity contribution is -0.119. The summed E-state index contributed by atoms with van der Waals surface area (Å²) < 4.78 is 10.5. The molecule has 0 radical (unpaired) electrons. The van der Waals surface area contributed by atoms with E-state index in [9.17, 15) is 4.79 Å². The number of carbonyl (C=O) groups excluding carboxylic acids is 1. The lowest BCUT2D eigenvalue weighted by atomic mass is 10.2. The third-order valence-corrected chi connectivity index (χ3v) is 3.77. The van der Waals surface area contributed by atoms with Gasteiger partial charge in [-0.05, 0) is 35.9 Å². The summed E-state index contributed by atoms with van der Waals surface area (Å²) in [7, 11) is 1.49. The molecule has 0 aliphatic heterocycles. The van der Waals surface area contributed by atoms with Crippen molar-refractivity contribution in [3.63, 3.8) is 0 Å². The maximum atomic E-state index is 10.8. The van der Waals surface area contributed by atoms with Crippen LogP contribution in [0.15, 0.2) is 35.4 Å². The molecule has 0 unspecified atom stereocenters. The SMILES string of the molecule is COc1cc(/C=N/Nc2c(Cl)cc(Cl)cc2Cl)ccc1OCC(N)=O. The lowest BCUT2D eigenvalue weighted by Gasteiger charge is -2.10. The highest BCUT2D eigenvalue weighted by atomic mass is 35.5. The number of nitrogens with two attached hydrogens (primary N) is 1. The summed E-state index contributed by atoms with van der Waals surface area (Å²) in [6, 6.07) is 8.18. The van der Waals surface area contributed by atoms with E-state index in [-0.39, 0.29) is 6.61 Å².